The summed E-state index contributed by atoms with van der Waals surface area (Å²) < 4.78 is 42.8. The number of anilines is 1. The van der Waals surface area contributed by atoms with Gasteiger partial charge >= 0.3 is 6.18 Å². The Labute approximate surface area is 254 Å². The molecule has 2 fully saturated rings. The van der Waals surface area contributed by atoms with E-state index in [4.69, 9.17) is 22.6 Å². The molecule has 2 aliphatic rings. The van der Waals surface area contributed by atoms with Crippen LogP contribution in [-0.2, 0) is 24.6 Å². The quantitative estimate of drug-likeness (QED) is 0.295. The summed E-state index contributed by atoms with van der Waals surface area (Å²) in [5.41, 5.74) is 4.74. The van der Waals surface area contributed by atoms with E-state index in [0.717, 1.165) is 29.9 Å². The summed E-state index contributed by atoms with van der Waals surface area (Å²) in [6.07, 6.45) is 0.897. The summed E-state index contributed by atoms with van der Waals surface area (Å²) in [5.74, 6) is -1.38. The fourth-order valence-corrected chi connectivity index (χ4v) is 5.76. The van der Waals surface area contributed by atoms with Crippen molar-refractivity contribution in [1.29, 1.82) is 5.26 Å². The van der Waals surface area contributed by atoms with Crippen LogP contribution in [0.4, 0.5) is 18.9 Å². The maximum Gasteiger partial charge on any atom is 0.435 e. The lowest BCUT2D eigenvalue weighted by Gasteiger charge is -2.37. The first-order chi connectivity index (χ1) is 20.8. The van der Waals surface area contributed by atoms with Crippen LogP contribution in [0, 0.1) is 17.2 Å². The molecule has 2 atom stereocenters. The molecule has 2 saturated carbocycles. The van der Waals surface area contributed by atoms with Crippen LogP contribution in [-0.4, -0.2) is 55.2 Å². The average molecular weight is 632 g/mol. The lowest BCUT2D eigenvalue weighted by Crippen LogP contribution is -2.54. The van der Waals surface area contributed by atoms with Crippen LogP contribution in [0.3, 0.4) is 0 Å². The lowest BCUT2D eigenvalue weighted by atomic mass is 9.86. The molecule has 12 nitrogen and oxygen atoms in total. The highest BCUT2D eigenvalue weighted by Gasteiger charge is 2.39. The summed E-state index contributed by atoms with van der Waals surface area (Å²) in [6, 6.07) is 5.94. The molecule has 16 heteroatoms. The van der Waals surface area contributed by atoms with Crippen LogP contribution in [0.1, 0.15) is 58.8 Å². The van der Waals surface area contributed by atoms with Gasteiger partial charge in [0.15, 0.2) is 11.5 Å². The first-order valence-electron chi connectivity index (χ1n) is 13.9. The van der Waals surface area contributed by atoms with Gasteiger partial charge in [-0.05, 0) is 50.3 Å². The number of carbonyl (C=O) groups is 3. The highest BCUT2D eigenvalue weighted by molar-refractivity contribution is 6.34. The van der Waals surface area contributed by atoms with Gasteiger partial charge in [0.1, 0.15) is 6.54 Å². The molecule has 0 spiro atoms. The third-order valence-electron chi connectivity index (χ3n) is 7.87. The van der Waals surface area contributed by atoms with Gasteiger partial charge in [0, 0.05) is 43.0 Å². The molecule has 2 aromatic heterocycles. The van der Waals surface area contributed by atoms with E-state index in [1.165, 1.54) is 29.8 Å². The topological polar surface area (TPSA) is 173 Å². The summed E-state index contributed by atoms with van der Waals surface area (Å²) in [4.78, 5) is 42.1. The number of hydrogen-bond donors (Lipinski definition) is 4. The van der Waals surface area contributed by atoms with Crippen molar-refractivity contribution in [3.8, 4) is 17.3 Å². The zero-order chi connectivity index (χ0) is 31.8. The molecule has 5 rings (SSSR count). The molecule has 0 unspecified atom stereocenters. The van der Waals surface area contributed by atoms with Gasteiger partial charge < -0.3 is 26.3 Å². The van der Waals surface area contributed by atoms with Gasteiger partial charge in [0.25, 0.3) is 11.8 Å². The normalized spacial score (nSPS) is 21.3. The number of imidazole rings is 1. The number of alkyl halides is 3. The average Bonchev–Trinajstić information content (AvgIpc) is 3.65. The van der Waals surface area contributed by atoms with Gasteiger partial charge in [0.05, 0.1) is 34.1 Å². The molecule has 3 aromatic rings. The van der Waals surface area contributed by atoms with Gasteiger partial charge in [-0.15, -0.1) is 0 Å². The first kappa shape index (κ1) is 31.0. The van der Waals surface area contributed by atoms with Crippen LogP contribution in [0.2, 0.25) is 5.02 Å². The van der Waals surface area contributed by atoms with E-state index in [9.17, 15) is 27.6 Å². The van der Waals surface area contributed by atoms with Gasteiger partial charge in [0.2, 0.25) is 5.91 Å². The number of hydrogen-bond acceptors (Lipinski definition) is 7. The van der Waals surface area contributed by atoms with Gasteiger partial charge in [-0.25, -0.2) is 4.98 Å². The second kappa shape index (κ2) is 12.3. The van der Waals surface area contributed by atoms with Gasteiger partial charge in [-0.3, -0.25) is 19.1 Å². The minimum atomic E-state index is -4.80. The van der Waals surface area contributed by atoms with E-state index in [1.54, 1.807) is 6.07 Å². The molecule has 2 heterocycles. The Morgan fingerprint density at radius 1 is 1.14 bits per heavy atom. The van der Waals surface area contributed by atoms with Crippen molar-refractivity contribution in [3.05, 3.63) is 52.7 Å². The third kappa shape index (κ3) is 6.56. The Hall–Kier alpha value is -4.42. The number of nitrogens with zero attached hydrogens (tertiary/aromatic N) is 5. The number of benzene rings is 1. The maximum absolute atomic E-state index is 13.6. The van der Waals surface area contributed by atoms with Crippen LogP contribution < -0.4 is 21.7 Å². The Bertz CT molecular complexity index is 1640. The number of nitrogens with one attached hydrogen (secondary N) is 3. The van der Waals surface area contributed by atoms with E-state index in [-0.39, 0.29) is 63.3 Å². The largest absolute Gasteiger partial charge is 0.435 e. The Morgan fingerprint density at radius 3 is 2.50 bits per heavy atom. The van der Waals surface area contributed by atoms with Crippen molar-refractivity contribution < 1.29 is 27.6 Å². The number of aromatic nitrogens is 4. The van der Waals surface area contributed by atoms with Crippen LogP contribution in [0.5, 0.6) is 0 Å². The molecule has 5 N–H and O–H groups in total. The van der Waals surface area contributed by atoms with E-state index < -0.39 is 30.2 Å². The summed E-state index contributed by atoms with van der Waals surface area (Å²) in [7, 11) is 1.38. The highest BCUT2D eigenvalue weighted by atomic mass is 35.5. The van der Waals surface area contributed by atoms with Crippen LogP contribution in [0.25, 0.3) is 11.3 Å². The predicted molar refractivity (Wildman–Crippen MR) is 152 cm³/mol. The van der Waals surface area contributed by atoms with Crippen molar-refractivity contribution in [1.82, 2.24) is 30.0 Å². The van der Waals surface area contributed by atoms with E-state index in [1.807, 2.05) is 0 Å². The van der Waals surface area contributed by atoms with Crippen LogP contribution in [0.15, 0.2) is 30.6 Å². The van der Waals surface area contributed by atoms with E-state index >= 15 is 0 Å². The fourth-order valence-electron chi connectivity index (χ4n) is 5.50. The number of nitrogens with two attached hydrogens (primary N) is 1. The van der Waals surface area contributed by atoms with Gasteiger partial charge in [-0.1, -0.05) is 11.6 Å². The minimum Gasteiger partial charge on any atom is -0.353 e. The zero-order valence-electron chi connectivity index (χ0n) is 23.5. The number of nitriles is 1. The molecule has 0 saturated heterocycles. The summed E-state index contributed by atoms with van der Waals surface area (Å²) in [6.45, 7) is -0.390. The van der Waals surface area contributed by atoms with Crippen molar-refractivity contribution in [2.45, 2.75) is 63.0 Å². The third-order valence-corrected chi connectivity index (χ3v) is 8.18. The number of halogens is 4. The number of carbonyl (C=O) groups excluding carboxylic acids is 3. The molecule has 3 amide bonds. The highest BCUT2D eigenvalue weighted by Crippen LogP contribution is 2.36. The minimum absolute atomic E-state index is 0.00736. The SMILES string of the molecule is Cn1c(-c2cn(CC#N)nc2C(F)(F)F)cnc1C(=O)Nc1ccc(C(=O)N[C@H]2C[C@@H](NC(=O)[C@H]3CC[C@@H](N)C3)C2)c(Cl)c1. The molecule has 0 radical (unpaired) electrons. The second-order valence-corrected chi connectivity index (χ2v) is 11.4. The summed E-state index contributed by atoms with van der Waals surface area (Å²) in [5, 5.41) is 20.9. The number of amides is 3. The monoisotopic (exact) mass is 631 g/mol. The van der Waals surface area contributed by atoms with Crippen molar-refractivity contribution >= 4 is 35.0 Å². The fraction of sp³-hybridized carbons (Fsp3) is 0.429. The zero-order valence-corrected chi connectivity index (χ0v) is 24.2. The molecule has 0 bridgehead atoms. The molecule has 2 aliphatic carbocycles. The molecule has 232 valence electrons. The molecule has 1 aromatic carbocycles. The van der Waals surface area contributed by atoms with Gasteiger partial charge in [-0.2, -0.15) is 23.5 Å². The molecule has 44 heavy (non-hydrogen) atoms. The Balaban J connectivity index is 1.18. The maximum atomic E-state index is 13.6. The smallest absolute Gasteiger partial charge is 0.353 e. The predicted octanol–water partition coefficient (Wildman–Crippen LogP) is 3.24. The Morgan fingerprint density at radius 2 is 1.86 bits per heavy atom. The molecular weight excluding hydrogens is 603 g/mol. The second-order valence-electron chi connectivity index (χ2n) is 11.0. The van der Waals surface area contributed by atoms with Crippen LogP contribution >= 0.6 is 11.6 Å². The Kier molecular flexibility index (Phi) is 8.66. The van der Waals surface area contributed by atoms with E-state index in [2.05, 4.69) is 26.0 Å². The van der Waals surface area contributed by atoms with Crippen molar-refractivity contribution in [2.24, 2.45) is 18.7 Å². The van der Waals surface area contributed by atoms with Crippen molar-refractivity contribution in [3.63, 3.8) is 0 Å². The number of rotatable bonds is 8. The first-order valence-corrected chi connectivity index (χ1v) is 14.2. The summed E-state index contributed by atoms with van der Waals surface area (Å²) >= 11 is 6.35. The lowest BCUT2D eigenvalue weighted by molar-refractivity contribution is -0.141. The standard InChI is InChI=1S/C28H29ClF3N9O3/c1-40-22(20-13-41(7-6-33)39-23(20)28(30,31)32)12-35-24(40)27(44)36-16-4-5-19(21(29)11-16)26(43)38-18-9-17(10-18)37-25(42)14-2-3-15(34)8-14/h4-5,11-15,17-18H,2-3,7-10,34H2,1H3,(H,36,44)(H,37,42)(H,38,43)/t14-,15+,17-,18+/m0/s1. The van der Waals surface area contributed by atoms with E-state index in [0.29, 0.717) is 19.3 Å². The molecular formula is C28H29ClF3N9O3. The molecule has 0 aliphatic heterocycles. The van der Waals surface area contributed by atoms with Crippen molar-refractivity contribution in [2.75, 3.05) is 5.32 Å².